The zero-order valence-corrected chi connectivity index (χ0v) is 14.2. The van der Waals surface area contributed by atoms with E-state index in [1.807, 2.05) is 6.92 Å². The van der Waals surface area contributed by atoms with E-state index < -0.39 is 0 Å². The van der Waals surface area contributed by atoms with Gasteiger partial charge in [-0.15, -0.1) is 12.4 Å². The van der Waals surface area contributed by atoms with Crippen molar-refractivity contribution in [2.24, 2.45) is 5.73 Å². The Balaban J connectivity index is 0.00000484. The van der Waals surface area contributed by atoms with Crippen LogP contribution in [0.5, 0.6) is 11.5 Å². The number of amides is 2. The Morgan fingerprint density at radius 3 is 2.52 bits per heavy atom. The Hall–Kier alpha value is -1.99. The van der Waals surface area contributed by atoms with Gasteiger partial charge in [-0.25, -0.2) is 0 Å². The molecule has 0 aliphatic heterocycles. The average Bonchev–Trinajstić information content (AvgIpc) is 2.51. The molecule has 1 aromatic rings. The van der Waals surface area contributed by atoms with Crippen molar-refractivity contribution < 1.29 is 19.1 Å². The van der Waals surface area contributed by atoms with Gasteiger partial charge < -0.3 is 25.8 Å². The standard InChI is InChI=1S/C15H23N3O4.ClH/c1-3-17-15(20)10-22-12-5-4-11(8-13(12)21-2)9-18-14(19)6-7-16;/h4-5,8H,3,6-7,9-10,16H2,1-2H3,(H,17,20)(H,18,19);1H. The van der Waals surface area contributed by atoms with E-state index in [1.165, 1.54) is 7.11 Å². The Bertz CT molecular complexity index is 511. The SMILES string of the molecule is CCNC(=O)COc1ccc(CNC(=O)CCN)cc1OC.Cl. The summed E-state index contributed by atoms with van der Waals surface area (Å²) in [6.07, 6.45) is 0.296. The molecule has 8 heteroatoms. The van der Waals surface area contributed by atoms with Crippen LogP contribution in [0, 0.1) is 0 Å². The lowest BCUT2D eigenvalue weighted by Gasteiger charge is -2.12. The zero-order chi connectivity index (χ0) is 16.4. The molecule has 0 radical (unpaired) electrons. The summed E-state index contributed by atoms with van der Waals surface area (Å²) in [5.41, 5.74) is 6.18. The van der Waals surface area contributed by atoms with Crippen molar-refractivity contribution in [3.63, 3.8) is 0 Å². The van der Waals surface area contributed by atoms with Crippen molar-refractivity contribution in [3.05, 3.63) is 23.8 Å². The van der Waals surface area contributed by atoms with E-state index in [-0.39, 0.29) is 30.8 Å². The quantitative estimate of drug-likeness (QED) is 0.608. The van der Waals surface area contributed by atoms with Gasteiger partial charge in [0.05, 0.1) is 7.11 Å². The third-order valence-electron chi connectivity index (χ3n) is 2.82. The molecule has 23 heavy (non-hydrogen) atoms. The van der Waals surface area contributed by atoms with Crippen molar-refractivity contribution in [1.82, 2.24) is 10.6 Å². The summed E-state index contributed by atoms with van der Waals surface area (Å²) < 4.78 is 10.7. The van der Waals surface area contributed by atoms with Crippen LogP contribution in [0.2, 0.25) is 0 Å². The second-order valence-corrected chi connectivity index (χ2v) is 4.54. The highest BCUT2D eigenvalue weighted by Gasteiger charge is 2.09. The van der Waals surface area contributed by atoms with E-state index in [2.05, 4.69) is 10.6 Å². The minimum atomic E-state index is -0.192. The third kappa shape index (κ3) is 7.71. The van der Waals surface area contributed by atoms with Crippen molar-refractivity contribution in [2.45, 2.75) is 19.9 Å². The summed E-state index contributed by atoms with van der Waals surface area (Å²) in [6.45, 7) is 3.03. The topological polar surface area (TPSA) is 103 Å². The number of nitrogens with one attached hydrogen (secondary N) is 2. The highest BCUT2D eigenvalue weighted by molar-refractivity contribution is 5.85. The van der Waals surface area contributed by atoms with Crippen LogP contribution in [-0.4, -0.2) is 38.6 Å². The first-order valence-electron chi connectivity index (χ1n) is 7.13. The summed E-state index contributed by atoms with van der Waals surface area (Å²) in [4.78, 5) is 22.8. The van der Waals surface area contributed by atoms with Gasteiger partial charge in [0.2, 0.25) is 5.91 Å². The first-order chi connectivity index (χ1) is 10.6. The fraction of sp³-hybridized carbons (Fsp3) is 0.467. The molecule has 0 aliphatic carbocycles. The molecule has 0 unspecified atom stereocenters. The Morgan fingerprint density at radius 1 is 1.17 bits per heavy atom. The van der Waals surface area contributed by atoms with Gasteiger partial charge in [-0.05, 0) is 24.6 Å². The molecular weight excluding hydrogens is 322 g/mol. The molecule has 2 amide bonds. The summed E-state index contributed by atoms with van der Waals surface area (Å²) in [5, 5.41) is 5.41. The minimum Gasteiger partial charge on any atom is -0.493 e. The fourth-order valence-corrected chi connectivity index (χ4v) is 1.75. The maximum Gasteiger partial charge on any atom is 0.257 e. The lowest BCUT2D eigenvalue weighted by molar-refractivity contribution is -0.123. The number of halogens is 1. The first kappa shape index (κ1) is 21.0. The first-order valence-corrected chi connectivity index (χ1v) is 7.13. The van der Waals surface area contributed by atoms with Crippen LogP contribution in [0.25, 0.3) is 0 Å². The van der Waals surface area contributed by atoms with Gasteiger partial charge in [0.25, 0.3) is 5.91 Å². The summed E-state index contributed by atoms with van der Waals surface area (Å²) in [6, 6.07) is 5.27. The number of carbonyl (C=O) groups excluding carboxylic acids is 2. The number of nitrogens with two attached hydrogens (primary N) is 1. The molecular formula is C15H24ClN3O4. The smallest absolute Gasteiger partial charge is 0.257 e. The predicted molar refractivity (Wildman–Crippen MR) is 89.9 cm³/mol. The molecule has 0 saturated heterocycles. The minimum absolute atomic E-state index is 0. The monoisotopic (exact) mass is 345 g/mol. The molecule has 1 rings (SSSR count). The Kier molecular flexibility index (Phi) is 10.6. The molecule has 0 spiro atoms. The van der Waals surface area contributed by atoms with Crippen LogP contribution < -0.4 is 25.8 Å². The van der Waals surface area contributed by atoms with Gasteiger partial charge in [0.1, 0.15) is 0 Å². The van der Waals surface area contributed by atoms with E-state index in [4.69, 9.17) is 15.2 Å². The molecule has 0 saturated carbocycles. The Labute approximate surface area is 142 Å². The molecule has 0 bridgehead atoms. The van der Waals surface area contributed by atoms with Crippen molar-refractivity contribution >= 4 is 24.2 Å². The second kappa shape index (κ2) is 11.6. The summed E-state index contributed by atoms with van der Waals surface area (Å²) in [5.74, 6) is 0.696. The highest BCUT2D eigenvalue weighted by Crippen LogP contribution is 2.27. The molecule has 0 heterocycles. The molecule has 130 valence electrons. The molecule has 4 N–H and O–H groups in total. The number of rotatable bonds is 9. The zero-order valence-electron chi connectivity index (χ0n) is 13.4. The van der Waals surface area contributed by atoms with E-state index in [0.717, 1.165) is 5.56 Å². The molecule has 7 nitrogen and oxygen atoms in total. The van der Waals surface area contributed by atoms with Crippen molar-refractivity contribution in [1.29, 1.82) is 0 Å². The maximum atomic E-state index is 11.4. The molecule has 1 aromatic carbocycles. The van der Waals surface area contributed by atoms with Crippen LogP contribution in [0.4, 0.5) is 0 Å². The maximum absolute atomic E-state index is 11.4. The largest absolute Gasteiger partial charge is 0.493 e. The normalized spacial score (nSPS) is 9.52. The lowest BCUT2D eigenvalue weighted by Crippen LogP contribution is -2.28. The third-order valence-corrected chi connectivity index (χ3v) is 2.82. The van der Waals surface area contributed by atoms with E-state index >= 15 is 0 Å². The number of ether oxygens (including phenoxy) is 2. The number of benzene rings is 1. The van der Waals surface area contributed by atoms with Crippen LogP contribution >= 0.6 is 12.4 Å². The van der Waals surface area contributed by atoms with Gasteiger partial charge >= 0.3 is 0 Å². The van der Waals surface area contributed by atoms with Gasteiger partial charge in [-0.1, -0.05) is 6.07 Å². The van der Waals surface area contributed by atoms with Crippen LogP contribution in [-0.2, 0) is 16.1 Å². The number of hydrogen-bond acceptors (Lipinski definition) is 5. The Morgan fingerprint density at radius 2 is 1.91 bits per heavy atom. The van der Waals surface area contributed by atoms with Gasteiger partial charge in [0, 0.05) is 26.1 Å². The fourth-order valence-electron chi connectivity index (χ4n) is 1.75. The molecule has 0 fully saturated rings. The van der Waals surface area contributed by atoms with Crippen LogP contribution in [0.3, 0.4) is 0 Å². The number of methoxy groups -OCH3 is 1. The number of hydrogen-bond donors (Lipinski definition) is 3. The van der Waals surface area contributed by atoms with Gasteiger partial charge in [0.15, 0.2) is 18.1 Å². The highest BCUT2D eigenvalue weighted by atomic mass is 35.5. The van der Waals surface area contributed by atoms with Crippen LogP contribution in [0.1, 0.15) is 18.9 Å². The molecule has 0 aliphatic rings. The molecule has 0 aromatic heterocycles. The molecule has 0 atom stereocenters. The number of carbonyl (C=O) groups is 2. The van der Waals surface area contributed by atoms with E-state index in [1.54, 1.807) is 18.2 Å². The van der Waals surface area contributed by atoms with Crippen LogP contribution in [0.15, 0.2) is 18.2 Å². The van der Waals surface area contributed by atoms with Crippen molar-refractivity contribution in [3.8, 4) is 11.5 Å². The summed E-state index contributed by atoms with van der Waals surface area (Å²) >= 11 is 0. The lowest BCUT2D eigenvalue weighted by atomic mass is 10.2. The summed E-state index contributed by atoms with van der Waals surface area (Å²) in [7, 11) is 1.52. The van der Waals surface area contributed by atoms with Gasteiger partial charge in [-0.2, -0.15) is 0 Å². The number of likely N-dealkylation sites (N-methyl/N-ethyl adjacent to an activating group) is 1. The second-order valence-electron chi connectivity index (χ2n) is 4.54. The predicted octanol–water partition coefficient (Wildman–Crippen LogP) is 0.597. The van der Waals surface area contributed by atoms with Crippen molar-refractivity contribution in [2.75, 3.05) is 26.8 Å². The average molecular weight is 346 g/mol. The van der Waals surface area contributed by atoms with Gasteiger partial charge in [-0.3, -0.25) is 9.59 Å². The van der Waals surface area contributed by atoms with E-state index in [9.17, 15) is 9.59 Å². The van der Waals surface area contributed by atoms with E-state index in [0.29, 0.717) is 37.6 Å².